The summed E-state index contributed by atoms with van der Waals surface area (Å²) in [5.41, 5.74) is 2.68. The number of benzene rings is 2. The minimum Gasteiger partial charge on any atom is -0.494 e. The molecule has 0 saturated heterocycles. The standard InChI is InChI=1S/C33H48N2O2S.BrH/c1-2-3-4-5-6-7-8-9-10-11-12-13-14-15-25-37-32-22-18-30(19-23-32)33(36)34-31-20-16-29(17-21-31)27-35-24-26-38-28-35;/h16-24,26H,2-15,25,27-28H2,1H3,(H,34,36);1H. The Hall–Kier alpha value is -1.92. The maximum Gasteiger partial charge on any atom is 0.255 e. The Kier molecular flexibility index (Phi) is 17.8. The van der Waals surface area contributed by atoms with Crippen LogP contribution in [0.15, 0.2) is 60.1 Å². The molecule has 1 N–H and O–H groups in total. The van der Waals surface area contributed by atoms with Crippen LogP contribution in [-0.4, -0.2) is 23.3 Å². The first-order valence-electron chi connectivity index (χ1n) is 14.9. The molecule has 216 valence electrons. The van der Waals surface area contributed by atoms with E-state index < -0.39 is 0 Å². The first-order chi connectivity index (χ1) is 18.7. The fourth-order valence-corrected chi connectivity index (χ4v) is 5.44. The number of hydrogen-bond acceptors (Lipinski definition) is 4. The van der Waals surface area contributed by atoms with Crippen molar-refractivity contribution in [2.75, 3.05) is 17.8 Å². The van der Waals surface area contributed by atoms with Crippen molar-refractivity contribution in [3.63, 3.8) is 0 Å². The first kappa shape index (κ1) is 33.3. The summed E-state index contributed by atoms with van der Waals surface area (Å²) in [6.45, 7) is 3.91. The third-order valence-electron chi connectivity index (χ3n) is 7.09. The number of unbranched alkanes of at least 4 members (excludes halogenated alkanes) is 13. The van der Waals surface area contributed by atoms with Gasteiger partial charge < -0.3 is 15.0 Å². The third-order valence-corrected chi connectivity index (χ3v) is 7.88. The van der Waals surface area contributed by atoms with Crippen LogP contribution in [0, 0.1) is 0 Å². The number of thioether (sulfide) groups is 1. The summed E-state index contributed by atoms with van der Waals surface area (Å²) in [6.07, 6.45) is 21.1. The molecule has 1 aliphatic heterocycles. The molecule has 3 rings (SSSR count). The van der Waals surface area contributed by atoms with Gasteiger partial charge in [0.1, 0.15) is 5.75 Å². The number of nitrogens with zero attached hydrogens (tertiary/aromatic N) is 1. The average Bonchev–Trinajstić information content (AvgIpc) is 3.45. The molecule has 6 heteroatoms. The molecular weight excluding hydrogens is 568 g/mol. The number of halogens is 1. The van der Waals surface area contributed by atoms with E-state index in [1.54, 1.807) is 11.8 Å². The number of ether oxygens (including phenoxy) is 1. The molecule has 0 radical (unpaired) electrons. The van der Waals surface area contributed by atoms with Gasteiger partial charge in [-0.15, -0.1) is 28.7 Å². The lowest BCUT2D eigenvalue weighted by Crippen LogP contribution is -2.13. The Morgan fingerprint density at radius 1 is 0.795 bits per heavy atom. The van der Waals surface area contributed by atoms with E-state index in [2.05, 4.69) is 40.9 Å². The molecule has 2 aromatic carbocycles. The highest BCUT2D eigenvalue weighted by molar-refractivity contribution is 8.93. The van der Waals surface area contributed by atoms with Crippen molar-refractivity contribution < 1.29 is 9.53 Å². The Morgan fingerprint density at radius 3 is 1.90 bits per heavy atom. The van der Waals surface area contributed by atoms with Gasteiger partial charge in [-0.1, -0.05) is 103 Å². The minimum atomic E-state index is -0.102. The van der Waals surface area contributed by atoms with E-state index in [-0.39, 0.29) is 22.9 Å². The highest BCUT2D eigenvalue weighted by Gasteiger charge is 2.08. The number of rotatable bonds is 20. The highest BCUT2D eigenvalue weighted by atomic mass is 79.9. The van der Waals surface area contributed by atoms with Gasteiger partial charge in [0.25, 0.3) is 5.91 Å². The number of hydrogen-bond donors (Lipinski definition) is 1. The predicted octanol–water partition coefficient (Wildman–Crippen LogP) is 10.4. The van der Waals surface area contributed by atoms with Crippen LogP contribution in [0.1, 0.15) is 113 Å². The van der Waals surface area contributed by atoms with Crippen LogP contribution < -0.4 is 10.1 Å². The largest absolute Gasteiger partial charge is 0.494 e. The second-order valence-electron chi connectivity index (χ2n) is 10.4. The normalized spacial score (nSPS) is 12.4. The number of amides is 1. The maximum atomic E-state index is 12.6. The van der Waals surface area contributed by atoms with Crippen molar-refractivity contribution in [3.05, 3.63) is 71.3 Å². The fraction of sp³-hybridized carbons (Fsp3) is 0.545. The molecule has 0 aromatic heterocycles. The summed E-state index contributed by atoms with van der Waals surface area (Å²) in [5, 5.41) is 5.10. The summed E-state index contributed by atoms with van der Waals surface area (Å²) < 4.78 is 5.89. The molecule has 0 fully saturated rings. The molecule has 0 atom stereocenters. The Morgan fingerprint density at radius 2 is 1.36 bits per heavy atom. The van der Waals surface area contributed by atoms with Crippen molar-refractivity contribution in [2.45, 2.75) is 103 Å². The first-order valence-corrected chi connectivity index (χ1v) is 15.9. The van der Waals surface area contributed by atoms with Gasteiger partial charge in [0, 0.05) is 24.0 Å². The summed E-state index contributed by atoms with van der Waals surface area (Å²) in [4.78, 5) is 14.9. The highest BCUT2D eigenvalue weighted by Crippen LogP contribution is 2.20. The maximum absolute atomic E-state index is 12.6. The van der Waals surface area contributed by atoms with Crippen molar-refractivity contribution in [3.8, 4) is 5.75 Å². The predicted molar refractivity (Wildman–Crippen MR) is 174 cm³/mol. The lowest BCUT2D eigenvalue weighted by Gasteiger charge is -2.14. The SMILES string of the molecule is Br.CCCCCCCCCCCCCCCCOc1ccc(C(=O)Nc2ccc(CN3C=CSC3)cc2)cc1. The summed E-state index contributed by atoms with van der Waals surface area (Å²) in [7, 11) is 0. The molecule has 39 heavy (non-hydrogen) atoms. The number of carbonyl (C=O) groups excluding carboxylic acids is 1. The number of anilines is 1. The zero-order chi connectivity index (χ0) is 26.7. The van der Waals surface area contributed by atoms with E-state index in [0.717, 1.165) is 36.9 Å². The second-order valence-corrected chi connectivity index (χ2v) is 11.3. The van der Waals surface area contributed by atoms with Gasteiger partial charge in [0.15, 0.2) is 0 Å². The minimum absolute atomic E-state index is 0. The van der Waals surface area contributed by atoms with Crippen LogP contribution >= 0.6 is 28.7 Å². The molecular formula is C33H49BrN2O2S. The molecule has 0 spiro atoms. The summed E-state index contributed by atoms with van der Waals surface area (Å²) in [5.74, 6) is 1.72. The average molecular weight is 618 g/mol. The van der Waals surface area contributed by atoms with Crippen LogP contribution in [0.2, 0.25) is 0 Å². The molecule has 0 unspecified atom stereocenters. The van der Waals surface area contributed by atoms with Gasteiger partial charge in [-0.05, 0) is 53.8 Å². The Labute approximate surface area is 252 Å². The summed E-state index contributed by atoms with van der Waals surface area (Å²) >= 11 is 1.80. The monoisotopic (exact) mass is 616 g/mol. The molecule has 1 amide bonds. The molecule has 0 aliphatic carbocycles. The van der Waals surface area contributed by atoms with E-state index in [0.29, 0.717) is 5.56 Å². The lowest BCUT2D eigenvalue weighted by atomic mass is 10.0. The van der Waals surface area contributed by atoms with Gasteiger partial charge in [0.2, 0.25) is 0 Å². The molecule has 0 bridgehead atoms. The summed E-state index contributed by atoms with van der Waals surface area (Å²) in [6, 6.07) is 15.5. The molecule has 4 nitrogen and oxygen atoms in total. The van der Waals surface area contributed by atoms with E-state index in [4.69, 9.17) is 4.74 Å². The van der Waals surface area contributed by atoms with E-state index >= 15 is 0 Å². The van der Waals surface area contributed by atoms with Crippen LogP contribution in [0.4, 0.5) is 5.69 Å². The van der Waals surface area contributed by atoms with E-state index in [1.165, 1.54) is 89.0 Å². The zero-order valence-corrected chi connectivity index (χ0v) is 26.4. The van der Waals surface area contributed by atoms with Gasteiger partial charge in [-0.3, -0.25) is 4.79 Å². The Balaban J connectivity index is 0.00000533. The number of carbonyl (C=O) groups is 1. The quantitative estimate of drug-likeness (QED) is 0.150. The molecule has 1 heterocycles. The van der Waals surface area contributed by atoms with Gasteiger partial charge in [-0.25, -0.2) is 0 Å². The van der Waals surface area contributed by atoms with Crippen LogP contribution in [0.25, 0.3) is 0 Å². The van der Waals surface area contributed by atoms with E-state index in [1.807, 2.05) is 36.4 Å². The van der Waals surface area contributed by atoms with Crippen molar-refractivity contribution in [1.29, 1.82) is 0 Å². The van der Waals surface area contributed by atoms with E-state index in [9.17, 15) is 4.79 Å². The van der Waals surface area contributed by atoms with Crippen molar-refractivity contribution in [2.24, 2.45) is 0 Å². The van der Waals surface area contributed by atoms with Crippen LogP contribution in [0.5, 0.6) is 5.75 Å². The second kappa shape index (κ2) is 20.9. The molecule has 1 aliphatic rings. The van der Waals surface area contributed by atoms with Crippen molar-refractivity contribution >= 4 is 40.3 Å². The smallest absolute Gasteiger partial charge is 0.255 e. The van der Waals surface area contributed by atoms with Gasteiger partial charge in [0.05, 0.1) is 12.5 Å². The van der Waals surface area contributed by atoms with Crippen molar-refractivity contribution in [1.82, 2.24) is 4.90 Å². The zero-order valence-electron chi connectivity index (χ0n) is 23.9. The fourth-order valence-electron chi connectivity index (χ4n) is 4.73. The lowest BCUT2D eigenvalue weighted by molar-refractivity contribution is 0.102. The topological polar surface area (TPSA) is 41.6 Å². The van der Waals surface area contributed by atoms with Crippen LogP contribution in [0.3, 0.4) is 0 Å². The third kappa shape index (κ3) is 14.3. The number of nitrogens with one attached hydrogen (secondary N) is 1. The Bertz CT molecular complexity index is 934. The van der Waals surface area contributed by atoms with Gasteiger partial charge >= 0.3 is 0 Å². The van der Waals surface area contributed by atoms with Crippen LogP contribution in [-0.2, 0) is 6.54 Å². The molecule has 0 saturated carbocycles. The van der Waals surface area contributed by atoms with Gasteiger partial charge in [-0.2, -0.15) is 0 Å². The molecule has 2 aromatic rings.